The van der Waals surface area contributed by atoms with Crippen molar-refractivity contribution in [1.29, 1.82) is 0 Å². The van der Waals surface area contributed by atoms with E-state index in [0.717, 1.165) is 23.3 Å². The molecule has 1 N–H and O–H groups in total. The molecule has 2 aromatic carbocycles. The Labute approximate surface area is 159 Å². The van der Waals surface area contributed by atoms with Gasteiger partial charge in [0.15, 0.2) is 0 Å². The van der Waals surface area contributed by atoms with Crippen molar-refractivity contribution in [2.75, 3.05) is 10.2 Å². The minimum Gasteiger partial charge on any atom is -0.380 e. The summed E-state index contributed by atoms with van der Waals surface area (Å²) in [5.74, 6) is -0.229. The molecule has 0 atom stereocenters. The van der Waals surface area contributed by atoms with Gasteiger partial charge >= 0.3 is 6.18 Å². The molecule has 1 aliphatic rings. The summed E-state index contributed by atoms with van der Waals surface area (Å²) in [6.45, 7) is 0.858. The highest BCUT2D eigenvalue weighted by Gasteiger charge is 2.33. The van der Waals surface area contributed by atoms with Gasteiger partial charge in [-0.05, 0) is 53.6 Å². The predicted molar refractivity (Wildman–Crippen MR) is 100.0 cm³/mol. The van der Waals surface area contributed by atoms with Crippen LogP contribution in [0.4, 0.5) is 24.5 Å². The lowest BCUT2D eigenvalue weighted by molar-refractivity contribution is -0.137. The van der Waals surface area contributed by atoms with Gasteiger partial charge in [0.05, 0.1) is 17.7 Å². The first kappa shape index (κ1) is 18.0. The number of carbonyl (C=O) groups is 1. The van der Waals surface area contributed by atoms with Gasteiger partial charge in [0.2, 0.25) is 0 Å². The van der Waals surface area contributed by atoms with E-state index in [4.69, 9.17) is 0 Å². The molecular weight excluding hydrogens is 367 g/mol. The third-order valence-electron chi connectivity index (χ3n) is 4.68. The second-order valence-corrected chi connectivity index (χ2v) is 6.48. The highest BCUT2D eigenvalue weighted by atomic mass is 19.4. The van der Waals surface area contributed by atoms with Crippen LogP contribution in [0.1, 0.15) is 27.0 Å². The monoisotopic (exact) mass is 383 g/mol. The first-order chi connectivity index (χ1) is 13.4. The number of pyridine rings is 1. The Morgan fingerprint density at radius 2 is 1.71 bits per heavy atom. The SMILES string of the molecule is O=C1c2c(cccc2NCc2ccncc2)CN1c1ccc(C(F)(F)F)cc1. The molecule has 0 bridgehead atoms. The summed E-state index contributed by atoms with van der Waals surface area (Å²) in [6.07, 6.45) is -1.01. The lowest BCUT2D eigenvalue weighted by Crippen LogP contribution is -2.23. The molecule has 1 amide bonds. The van der Waals surface area contributed by atoms with E-state index < -0.39 is 11.7 Å². The van der Waals surface area contributed by atoms with Gasteiger partial charge in [-0.2, -0.15) is 13.2 Å². The third-order valence-corrected chi connectivity index (χ3v) is 4.68. The number of nitrogens with zero attached hydrogens (tertiary/aromatic N) is 2. The van der Waals surface area contributed by atoms with Crippen molar-refractivity contribution in [3.05, 3.63) is 89.2 Å². The van der Waals surface area contributed by atoms with Crippen LogP contribution in [0.15, 0.2) is 67.0 Å². The van der Waals surface area contributed by atoms with E-state index in [2.05, 4.69) is 10.3 Å². The number of alkyl halides is 3. The number of halogens is 3. The fourth-order valence-corrected chi connectivity index (χ4v) is 3.25. The van der Waals surface area contributed by atoms with Crippen molar-refractivity contribution in [3.63, 3.8) is 0 Å². The number of nitrogens with one attached hydrogen (secondary N) is 1. The van der Waals surface area contributed by atoms with Gasteiger partial charge in [-0.1, -0.05) is 12.1 Å². The third kappa shape index (κ3) is 3.43. The summed E-state index contributed by atoms with van der Waals surface area (Å²) in [6, 6.07) is 14.0. The average Bonchev–Trinajstić information content (AvgIpc) is 3.04. The minimum absolute atomic E-state index is 0.229. The number of carbonyl (C=O) groups excluding carboxylic acids is 1. The lowest BCUT2D eigenvalue weighted by Gasteiger charge is -2.17. The molecule has 0 spiro atoms. The fourth-order valence-electron chi connectivity index (χ4n) is 3.25. The summed E-state index contributed by atoms with van der Waals surface area (Å²) in [4.78, 5) is 18.4. The fraction of sp³-hybridized carbons (Fsp3) is 0.143. The van der Waals surface area contributed by atoms with E-state index in [0.29, 0.717) is 30.0 Å². The molecule has 1 aromatic heterocycles. The van der Waals surface area contributed by atoms with Crippen LogP contribution >= 0.6 is 0 Å². The Morgan fingerprint density at radius 1 is 1.00 bits per heavy atom. The van der Waals surface area contributed by atoms with Gasteiger partial charge in [0.25, 0.3) is 5.91 Å². The maximum atomic E-state index is 13.0. The highest BCUT2D eigenvalue weighted by Crippen LogP contribution is 2.35. The van der Waals surface area contributed by atoms with Crippen LogP contribution in [-0.4, -0.2) is 10.9 Å². The number of aromatic nitrogens is 1. The quantitative estimate of drug-likeness (QED) is 0.699. The molecule has 0 saturated heterocycles. The van der Waals surface area contributed by atoms with Crippen LogP contribution < -0.4 is 10.2 Å². The molecular formula is C21H16F3N3O. The van der Waals surface area contributed by atoms with Crippen LogP contribution in [0.2, 0.25) is 0 Å². The van der Waals surface area contributed by atoms with E-state index >= 15 is 0 Å². The standard InChI is InChI=1S/C21H16F3N3O/c22-21(23,24)16-4-6-17(7-5-16)27-13-15-2-1-3-18(19(15)20(27)28)26-12-14-8-10-25-11-9-14/h1-11,26H,12-13H2. The maximum Gasteiger partial charge on any atom is 0.416 e. The van der Waals surface area contributed by atoms with Crippen molar-refractivity contribution >= 4 is 17.3 Å². The summed E-state index contributed by atoms with van der Waals surface area (Å²) in [5, 5.41) is 3.27. The van der Waals surface area contributed by atoms with Crippen molar-refractivity contribution in [1.82, 2.24) is 4.98 Å². The summed E-state index contributed by atoms with van der Waals surface area (Å²) in [7, 11) is 0. The van der Waals surface area contributed by atoms with Gasteiger partial charge in [0, 0.05) is 30.3 Å². The largest absolute Gasteiger partial charge is 0.416 e. The topological polar surface area (TPSA) is 45.2 Å². The van der Waals surface area contributed by atoms with Gasteiger partial charge in [-0.25, -0.2) is 0 Å². The van der Waals surface area contributed by atoms with Crippen molar-refractivity contribution in [2.24, 2.45) is 0 Å². The van der Waals surface area contributed by atoms with Gasteiger partial charge < -0.3 is 10.2 Å². The lowest BCUT2D eigenvalue weighted by atomic mass is 10.1. The summed E-state index contributed by atoms with van der Waals surface area (Å²) in [5.41, 5.74) is 2.82. The average molecular weight is 383 g/mol. The van der Waals surface area contributed by atoms with Crippen molar-refractivity contribution in [3.8, 4) is 0 Å². The Hall–Kier alpha value is -3.35. The number of hydrogen-bond acceptors (Lipinski definition) is 3. The van der Waals surface area contributed by atoms with Crippen molar-refractivity contribution < 1.29 is 18.0 Å². The molecule has 3 aromatic rings. The highest BCUT2D eigenvalue weighted by molar-refractivity contribution is 6.13. The summed E-state index contributed by atoms with van der Waals surface area (Å²) < 4.78 is 38.3. The first-order valence-electron chi connectivity index (χ1n) is 8.67. The number of anilines is 2. The van der Waals surface area contributed by atoms with E-state index in [-0.39, 0.29) is 5.91 Å². The molecule has 0 saturated carbocycles. The maximum absolute atomic E-state index is 13.0. The number of amides is 1. The number of benzene rings is 2. The minimum atomic E-state index is -4.40. The zero-order chi connectivity index (χ0) is 19.7. The van der Waals surface area contributed by atoms with E-state index in [1.54, 1.807) is 12.4 Å². The van der Waals surface area contributed by atoms with Crippen LogP contribution in [0.3, 0.4) is 0 Å². The molecule has 4 nitrogen and oxygen atoms in total. The van der Waals surface area contributed by atoms with E-state index in [9.17, 15) is 18.0 Å². The van der Waals surface area contributed by atoms with E-state index in [1.165, 1.54) is 17.0 Å². The molecule has 2 heterocycles. The predicted octanol–water partition coefficient (Wildman–Crippen LogP) is 4.87. The molecule has 28 heavy (non-hydrogen) atoms. The van der Waals surface area contributed by atoms with Gasteiger partial charge in [-0.3, -0.25) is 9.78 Å². The Balaban J connectivity index is 1.57. The molecule has 4 rings (SSSR count). The molecule has 0 aliphatic carbocycles. The van der Waals surface area contributed by atoms with E-state index in [1.807, 2.05) is 30.3 Å². The Kier molecular flexibility index (Phi) is 4.50. The molecule has 1 aliphatic heterocycles. The molecule has 7 heteroatoms. The van der Waals surface area contributed by atoms with Crippen LogP contribution in [0, 0.1) is 0 Å². The summed E-state index contributed by atoms with van der Waals surface area (Å²) >= 11 is 0. The van der Waals surface area contributed by atoms with Crippen LogP contribution in [0.5, 0.6) is 0 Å². The van der Waals surface area contributed by atoms with Gasteiger partial charge in [0.1, 0.15) is 0 Å². The number of hydrogen-bond donors (Lipinski definition) is 1. The second-order valence-electron chi connectivity index (χ2n) is 6.48. The number of rotatable bonds is 4. The molecule has 0 unspecified atom stereocenters. The van der Waals surface area contributed by atoms with Crippen molar-refractivity contribution in [2.45, 2.75) is 19.3 Å². The first-order valence-corrected chi connectivity index (χ1v) is 8.67. The zero-order valence-electron chi connectivity index (χ0n) is 14.7. The molecule has 0 radical (unpaired) electrons. The van der Waals surface area contributed by atoms with Crippen LogP contribution in [-0.2, 0) is 19.3 Å². The second kappa shape index (κ2) is 6.99. The number of fused-ring (bicyclic) bond motifs is 1. The van der Waals surface area contributed by atoms with Crippen LogP contribution in [0.25, 0.3) is 0 Å². The molecule has 0 fully saturated rings. The Bertz CT molecular complexity index is 1000. The normalized spacial score (nSPS) is 13.5. The smallest absolute Gasteiger partial charge is 0.380 e. The Morgan fingerprint density at radius 3 is 2.39 bits per heavy atom. The molecule has 142 valence electrons. The van der Waals surface area contributed by atoms with Gasteiger partial charge in [-0.15, -0.1) is 0 Å². The zero-order valence-corrected chi connectivity index (χ0v) is 14.7.